The van der Waals surface area contributed by atoms with Crippen molar-refractivity contribution in [2.45, 2.75) is 26.7 Å². The summed E-state index contributed by atoms with van der Waals surface area (Å²) in [5, 5.41) is 0. The molecule has 1 aliphatic rings. The number of amides is 2. The van der Waals surface area contributed by atoms with Gasteiger partial charge in [-0.1, -0.05) is 12.1 Å². The second kappa shape index (κ2) is 7.91. The second-order valence-corrected chi connectivity index (χ2v) is 7.21. The van der Waals surface area contributed by atoms with E-state index in [1.165, 1.54) is 24.3 Å². The highest BCUT2D eigenvalue weighted by Gasteiger charge is 2.31. The SMILES string of the molecule is Cc1cccc(N(C)C(=O)C2CCCN(C(=O)c3ccc(F)cc3)C2)c1C. The Morgan fingerprint density at radius 3 is 2.52 bits per heavy atom. The van der Waals surface area contributed by atoms with Gasteiger partial charge in [-0.15, -0.1) is 0 Å². The molecular weight excluding hydrogens is 343 g/mol. The van der Waals surface area contributed by atoms with E-state index in [4.69, 9.17) is 0 Å². The summed E-state index contributed by atoms with van der Waals surface area (Å²) in [5.74, 6) is -0.719. The number of nitrogens with zero attached hydrogens (tertiary/aromatic N) is 2. The lowest BCUT2D eigenvalue weighted by atomic mass is 9.95. The van der Waals surface area contributed by atoms with E-state index < -0.39 is 0 Å². The first-order chi connectivity index (χ1) is 12.9. The van der Waals surface area contributed by atoms with Crippen LogP contribution >= 0.6 is 0 Å². The lowest BCUT2D eigenvalue weighted by Crippen LogP contribution is -2.46. The van der Waals surface area contributed by atoms with Crippen LogP contribution in [0.5, 0.6) is 0 Å². The van der Waals surface area contributed by atoms with Gasteiger partial charge >= 0.3 is 0 Å². The summed E-state index contributed by atoms with van der Waals surface area (Å²) in [6.07, 6.45) is 1.55. The Labute approximate surface area is 159 Å². The molecule has 0 aliphatic carbocycles. The Hall–Kier alpha value is -2.69. The van der Waals surface area contributed by atoms with E-state index >= 15 is 0 Å². The van der Waals surface area contributed by atoms with Crippen molar-refractivity contribution in [1.82, 2.24) is 4.90 Å². The lowest BCUT2D eigenvalue weighted by molar-refractivity contribution is -0.123. The number of carbonyl (C=O) groups is 2. The zero-order valence-electron chi connectivity index (χ0n) is 16.0. The first kappa shape index (κ1) is 19.1. The van der Waals surface area contributed by atoms with Crippen molar-refractivity contribution in [3.8, 4) is 0 Å². The maximum Gasteiger partial charge on any atom is 0.253 e. The van der Waals surface area contributed by atoms with Crippen LogP contribution in [0.15, 0.2) is 42.5 Å². The van der Waals surface area contributed by atoms with Gasteiger partial charge in [0, 0.05) is 31.4 Å². The minimum absolute atomic E-state index is 0.0281. The zero-order valence-corrected chi connectivity index (χ0v) is 16.0. The van der Waals surface area contributed by atoms with Crippen molar-refractivity contribution < 1.29 is 14.0 Å². The molecule has 2 amide bonds. The maximum atomic E-state index is 13.1. The first-order valence-corrected chi connectivity index (χ1v) is 9.27. The molecule has 1 saturated heterocycles. The van der Waals surface area contributed by atoms with Crippen LogP contribution in [0.4, 0.5) is 10.1 Å². The van der Waals surface area contributed by atoms with E-state index in [2.05, 4.69) is 0 Å². The maximum absolute atomic E-state index is 13.1. The standard InChI is InChI=1S/C22H25FN2O2/c1-15-6-4-8-20(16(15)2)24(3)21(26)18-7-5-13-25(14-18)22(27)17-9-11-19(23)12-10-17/h4,6,8-12,18H,5,7,13-14H2,1-3H3. The van der Waals surface area contributed by atoms with Crippen LogP contribution in [0.25, 0.3) is 0 Å². The quantitative estimate of drug-likeness (QED) is 0.823. The molecule has 2 aromatic rings. The van der Waals surface area contributed by atoms with Crippen LogP contribution in [0, 0.1) is 25.6 Å². The predicted octanol–water partition coefficient (Wildman–Crippen LogP) is 3.96. The zero-order chi connectivity index (χ0) is 19.6. The van der Waals surface area contributed by atoms with Crippen molar-refractivity contribution in [3.05, 3.63) is 65.0 Å². The van der Waals surface area contributed by atoms with Gasteiger partial charge in [0.15, 0.2) is 0 Å². The number of likely N-dealkylation sites (tertiary alicyclic amines) is 1. The number of benzene rings is 2. The van der Waals surface area contributed by atoms with Crippen molar-refractivity contribution in [2.24, 2.45) is 5.92 Å². The molecule has 0 spiro atoms. The minimum atomic E-state index is -0.367. The molecule has 2 aromatic carbocycles. The van der Waals surface area contributed by atoms with E-state index in [1.54, 1.807) is 16.8 Å². The molecule has 0 N–H and O–H groups in total. The van der Waals surface area contributed by atoms with Crippen molar-refractivity contribution in [2.75, 3.05) is 25.0 Å². The largest absolute Gasteiger partial charge is 0.338 e. The molecule has 0 saturated carbocycles. The number of hydrogen-bond donors (Lipinski definition) is 0. The van der Waals surface area contributed by atoms with Crippen LogP contribution in [0.2, 0.25) is 0 Å². The smallest absolute Gasteiger partial charge is 0.253 e. The van der Waals surface area contributed by atoms with Crippen molar-refractivity contribution >= 4 is 17.5 Å². The van der Waals surface area contributed by atoms with E-state index in [1.807, 2.05) is 32.0 Å². The van der Waals surface area contributed by atoms with Gasteiger partial charge < -0.3 is 9.80 Å². The van der Waals surface area contributed by atoms with Gasteiger partial charge in [0.25, 0.3) is 5.91 Å². The fraction of sp³-hybridized carbons (Fsp3) is 0.364. The summed E-state index contributed by atoms with van der Waals surface area (Å²) in [6, 6.07) is 11.5. The first-order valence-electron chi connectivity index (χ1n) is 9.27. The monoisotopic (exact) mass is 368 g/mol. The van der Waals surface area contributed by atoms with Gasteiger partial charge in [-0.05, 0) is 68.1 Å². The van der Waals surface area contributed by atoms with Gasteiger partial charge in [-0.25, -0.2) is 4.39 Å². The summed E-state index contributed by atoms with van der Waals surface area (Å²) in [6.45, 7) is 5.05. The van der Waals surface area contributed by atoms with Gasteiger partial charge in [-0.2, -0.15) is 0 Å². The molecule has 27 heavy (non-hydrogen) atoms. The minimum Gasteiger partial charge on any atom is -0.338 e. The van der Waals surface area contributed by atoms with Crippen molar-refractivity contribution in [3.63, 3.8) is 0 Å². The number of rotatable bonds is 3. The second-order valence-electron chi connectivity index (χ2n) is 7.21. The molecule has 142 valence electrons. The van der Waals surface area contributed by atoms with Crippen LogP contribution in [-0.2, 0) is 4.79 Å². The van der Waals surface area contributed by atoms with Gasteiger partial charge in [0.05, 0.1) is 5.92 Å². The Morgan fingerprint density at radius 2 is 1.81 bits per heavy atom. The highest BCUT2D eigenvalue weighted by atomic mass is 19.1. The number of piperidine rings is 1. The van der Waals surface area contributed by atoms with E-state index in [0.717, 1.165) is 29.7 Å². The predicted molar refractivity (Wildman–Crippen MR) is 104 cm³/mol. The lowest BCUT2D eigenvalue weighted by Gasteiger charge is -2.34. The molecule has 1 fully saturated rings. The molecular formula is C22H25FN2O2. The molecule has 4 nitrogen and oxygen atoms in total. The molecule has 0 aromatic heterocycles. The molecule has 5 heteroatoms. The van der Waals surface area contributed by atoms with E-state index in [9.17, 15) is 14.0 Å². The van der Waals surface area contributed by atoms with Gasteiger partial charge in [-0.3, -0.25) is 9.59 Å². The number of hydrogen-bond acceptors (Lipinski definition) is 2. The Morgan fingerprint density at radius 1 is 1.11 bits per heavy atom. The number of carbonyl (C=O) groups excluding carboxylic acids is 2. The third-order valence-corrected chi connectivity index (χ3v) is 5.42. The van der Waals surface area contributed by atoms with Crippen molar-refractivity contribution in [1.29, 1.82) is 0 Å². The van der Waals surface area contributed by atoms with Crippen LogP contribution in [0.1, 0.15) is 34.3 Å². The van der Waals surface area contributed by atoms with Crippen LogP contribution < -0.4 is 4.90 Å². The number of anilines is 1. The third kappa shape index (κ3) is 4.02. The average molecular weight is 368 g/mol. The van der Waals surface area contributed by atoms with E-state index in [-0.39, 0.29) is 23.5 Å². The van der Waals surface area contributed by atoms with Gasteiger partial charge in [0.2, 0.25) is 5.91 Å². The summed E-state index contributed by atoms with van der Waals surface area (Å²) in [5.41, 5.74) is 3.58. The summed E-state index contributed by atoms with van der Waals surface area (Å²) in [4.78, 5) is 29.2. The molecule has 1 aliphatic heterocycles. The Bertz CT molecular complexity index is 848. The highest BCUT2D eigenvalue weighted by Crippen LogP contribution is 2.26. The summed E-state index contributed by atoms with van der Waals surface area (Å²) < 4.78 is 13.1. The fourth-order valence-corrected chi connectivity index (χ4v) is 3.63. The molecule has 1 unspecified atom stereocenters. The van der Waals surface area contributed by atoms with E-state index in [0.29, 0.717) is 18.7 Å². The molecule has 1 atom stereocenters. The van der Waals surface area contributed by atoms with Crippen LogP contribution in [-0.4, -0.2) is 36.9 Å². The molecule has 0 bridgehead atoms. The highest BCUT2D eigenvalue weighted by molar-refractivity contribution is 5.97. The Kier molecular flexibility index (Phi) is 5.59. The number of halogens is 1. The molecule has 0 radical (unpaired) electrons. The summed E-state index contributed by atoms with van der Waals surface area (Å²) >= 11 is 0. The van der Waals surface area contributed by atoms with Crippen LogP contribution in [0.3, 0.4) is 0 Å². The fourth-order valence-electron chi connectivity index (χ4n) is 3.63. The molecule has 3 rings (SSSR count). The Balaban J connectivity index is 1.73. The van der Waals surface area contributed by atoms with Gasteiger partial charge in [0.1, 0.15) is 5.82 Å². The number of aryl methyl sites for hydroxylation is 1. The topological polar surface area (TPSA) is 40.6 Å². The summed E-state index contributed by atoms with van der Waals surface area (Å²) in [7, 11) is 1.80. The third-order valence-electron chi connectivity index (χ3n) is 5.42. The normalized spacial score (nSPS) is 16.9. The molecule has 1 heterocycles. The average Bonchev–Trinajstić information content (AvgIpc) is 2.69.